The molecule has 2 heterocycles. The number of aromatic carboxylic acids is 1. The molecule has 21 heavy (non-hydrogen) atoms. The van der Waals surface area contributed by atoms with Crippen molar-refractivity contribution in [2.75, 3.05) is 7.11 Å². The Balaban J connectivity index is 2.39. The maximum absolute atomic E-state index is 11.7. The number of nitrogens with zero attached hydrogens (tertiary/aromatic N) is 1. The minimum absolute atomic E-state index is 0.280. The van der Waals surface area contributed by atoms with Crippen molar-refractivity contribution in [3.63, 3.8) is 0 Å². The first-order valence-electron chi connectivity index (χ1n) is 6.37. The van der Waals surface area contributed by atoms with Gasteiger partial charge >= 0.3 is 5.97 Å². The second kappa shape index (κ2) is 5.18. The SMILES string of the molecule is COc1ccc2nc(-c3cccs3)c(C)c(C(=O)O)c2c1. The second-order valence-electron chi connectivity index (χ2n) is 4.63. The van der Waals surface area contributed by atoms with Crippen molar-refractivity contribution in [2.24, 2.45) is 0 Å². The van der Waals surface area contributed by atoms with E-state index in [0.717, 1.165) is 10.6 Å². The van der Waals surface area contributed by atoms with Gasteiger partial charge < -0.3 is 9.84 Å². The molecule has 4 nitrogen and oxygen atoms in total. The number of pyridine rings is 1. The van der Waals surface area contributed by atoms with Crippen molar-refractivity contribution < 1.29 is 14.6 Å². The van der Waals surface area contributed by atoms with Crippen LogP contribution in [0.5, 0.6) is 5.75 Å². The summed E-state index contributed by atoms with van der Waals surface area (Å²) in [6, 6.07) is 9.17. The van der Waals surface area contributed by atoms with E-state index in [-0.39, 0.29) is 5.56 Å². The largest absolute Gasteiger partial charge is 0.497 e. The Kier molecular flexibility index (Phi) is 3.35. The predicted molar refractivity (Wildman–Crippen MR) is 83.3 cm³/mol. The lowest BCUT2D eigenvalue weighted by Crippen LogP contribution is -2.04. The van der Waals surface area contributed by atoms with E-state index in [1.54, 1.807) is 43.6 Å². The van der Waals surface area contributed by atoms with Crippen molar-refractivity contribution in [3.8, 4) is 16.3 Å². The van der Waals surface area contributed by atoms with Gasteiger partial charge in [-0.1, -0.05) is 6.07 Å². The third kappa shape index (κ3) is 2.25. The van der Waals surface area contributed by atoms with Gasteiger partial charge in [-0.2, -0.15) is 0 Å². The number of thiophene rings is 1. The molecule has 0 aliphatic rings. The number of benzene rings is 1. The molecular weight excluding hydrogens is 286 g/mol. The predicted octanol–water partition coefficient (Wildman–Crippen LogP) is 3.98. The summed E-state index contributed by atoms with van der Waals surface area (Å²) in [4.78, 5) is 17.3. The van der Waals surface area contributed by atoms with Crippen LogP contribution in [0, 0.1) is 6.92 Å². The summed E-state index contributed by atoms with van der Waals surface area (Å²) >= 11 is 1.55. The molecule has 1 aromatic carbocycles. The van der Waals surface area contributed by atoms with Gasteiger partial charge in [-0.25, -0.2) is 9.78 Å². The third-order valence-corrected chi connectivity index (χ3v) is 4.28. The third-order valence-electron chi connectivity index (χ3n) is 3.40. The molecule has 3 rings (SSSR count). The van der Waals surface area contributed by atoms with Crippen molar-refractivity contribution in [2.45, 2.75) is 6.92 Å². The van der Waals surface area contributed by atoms with Crippen molar-refractivity contribution in [3.05, 3.63) is 46.8 Å². The van der Waals surface area contributed by atoms with Gasteiger partial charge in [0.2, 0.25) is 0 Å². The Morgan fingerprint density at radius 2 is 2.14 bits per heavy atom. The number of hydrogen-bond acceptors (Lipinski definition) is 4. The molecule has 0 saturated carbocycles. The van der Waals surface area contributed by atoms with Crippen LogP contribution in [-0.2, 0) is 0 Å². The first kappa shape index (κ1) is 13.6. The summed E-state index contributed by atoms with van der Waals surface area (Å²) in [7, 11) is 1.56. The normalized spacial score (nSPS) is 10.8. The average Bonchev–Trinajstić information content (AvgIpc) is 2.99. The van der Waals surface area contributed by atoms with Gasteiger partial charge in [0, 0.05) is 5.39 Å². The number of ether oxygens (including phenoxy) is 1. The van der Waals surface area contributed by atoms with Gasteiger partial charge in [-0.05, 0) is 42.1 Å². The number of carboxylic acids is 1. The summed E-state index contributed by atoms with van der Waals surface area (Å²) in [6.45, 7) is 1.80. The Bertz CT molecular complexity index is 825. The van der Waals surface area contributed by atoms with E-state index in [2.05, 4.69) is 4.98 Å². The average molecular weight is 299 g/mol. The van der Waals surface area contributed by atoms with E-state index >= 15 is 0 Å². The Morgan fingerprint density at radius 1 is 1.33 bits per heavy atom. The van der Waals surface area contributed by atoms with Crippen LogP contribution in [0.4, 0.5) is 0 Å². The molecule has 0 amide bonds. The monoisotopic (exact) mass is 299 g/mol. The van der Waals surface area contributed by atoms with Gasteiger partial charge in [0.25, 0.3) is 0 Å². The van der Waals surface area contributed by atoms with Gasteiger partial charge in [0.1, 0.15) is 5.75 Å². The van der Waals surface area contributed by atoms with E-state index < -0.39 is 5.97 Å². The Hall–Kier alpha value is -2.40. The molecule has 0 atom stereocenters. The molecule has 0 aliphatic heterocycles. The van der Waals surface area contributed by atoms with E-state index in [0.29, 0.717) is 22.2 Å². The molecule has 0 radical (unpaired) electrons. The lowest BCUT2D eigenvalue weighted by Gasteiger charge is -2.11. The van der Waals surface area contributed by atoms with Crippen LogP contribution in [0.15, 0.2) is 35.7 Å². The van der Waals surface area contributed by atoms with Crippen LogP contribution < -0.4 is 4.74 Å². The number of methoxy groups -OCH3 is 1. The van der Waals surface area contributed by atoms with Crippen molar-refractivity contribution in [1.82, 2.24) is 4.98 Å². The fourth-order valence-electron chi connectivity index (χ4n) is 2.39. The fraction of sp³-hybridized carbons (Fsp3) is 0.125. The van der Waals surface area contributed by atoms with Crippen molar-refractivity contribution >= 4 is 28.2 Å². The highest BCUT2D eigenvalue weighted by Gasteiger charge is 2.19. The minimum Gasteiger partial charge on any atom is -0.497 e. The molecule has 0 aliphatic carbocycles. The highest BCUT2D eigenvalue weighted by atomic mass is 32.1. The van der Waals surface area contributed by atoms with E-state index in [9.17, 15) is 9.90 Å². The zero-order valence-electron chi connectivity index (χ0n) is 11.6. The first-order valence-corrected chi connectivity index (χ1v) is 7.25. The molecule has 5 heteroatoms. The summed E-state index contributed by atoms with van der Waals surface area (Å²) in [5.74, 6) is -0.332. The van der Waals surface area contributed by atoms with Crippen molar-refractivity contribution in [1.29, 1.82) is 0 Å². The molecule has 0 bridgehead atoms. The molecule has 0 spiro atoms. The maximum atomic E-state index is 11.7. The van der Waals surface area contributed by atoms with Crippen LogP contribution >= 0.6 is 11.3 Å². The molecule has 106 valence electrons. The molecule has 0 saturated heterocycles. The summed E-state index contributed by atoms with van der Waals surface area (Å²) < 4.78 is 5.18. The maximum Gasteiger partial charge on any atom is 0.336 e. The van der Waals surface area contributed by atoms with Gasteiger partial charge in [0.15, 0.2) is 0 Å². The van der Waals surface area contributed by atoms with Gasteiger partial charge in [-0.15, -0.1) is 11.3 Å². The summed E-state index contributed by atoms with van der Waals surface area (Å²) in [6.07, 6.45) is 0. The first-order chi connectivity index (χ1) is 10.1. The number of rotatable bonds is 3. The molecule has 0 fully saturated rings. The van der Waals surface area contributed by atoms with Crippen LogP contribution in [0.25, 0.3) is 21.5 Å². The van der Waals surface area contributed by atoms with Gasteiger partial charge in [0.05, 0.1) is 28.8 Å². The Labute approximate surface area is 125 Å². The van der Waals surface area contributed by atoms with Gasteiger partial charge in [-0.3, -0.25) is 0 Å². The highest BCUT2D eigenvalue weighted by molar-refractivity contribution is 7.13. The van der Waals surface area contributed by atoms with Crippen LogP contribution in [0.2, 0.25) is 0 Å². The van der Waals surface area contributed by atoms with E-state index in [4.69, 9.17) is 4.74 Å². The topological polar surface area (TPSA) is 59.4 Å². The van der Waals surface area contributed by atoms with Crippen LogP contribution in [0.3, 0.4) is 0 Å². The van der Waals surface area contributed by atoms with Crippen LogP contribution in [0.1, 0.15) is 15.9 Å². The summed E-state index contributed by atoms with van der Waals surface area (Å²) in [5.41, 5.74) is 2.33. The van der Waals surface area contributed by atoms with Crippen LogP contribution in [-0.4, -0.2) is 23.2 Å². The molecule has 0 unspecified atom stereocenters. The number of carboxylic acid groups (broad SMARTS) is 1. The quantitative estimate of drug-likeness (QED) is 0.794. The highest BCUT2D eigenvalue weighted by Crippen LogP contribution is 2.33. The standard InChI is InChI=1S/C16H13NO3S/c1-9-14(16(18)19)11-8-10(20-2)5-6-12(11)17-15(9)13-4-3-7-21-13/h3-8H,1-2H3,(H,18,19). The number of aromatic nitrogens is 1. The number of hydrogen-bond donors (Lipinski definition) is 1. The summed E-state index contributed by atoms with van der Waals surface area (Å²) in [5, 5.41) is 12.1. The zero-order valence-corrected chi connectivity index (χ0v) is 12.4. The van der Waals surface area contributed by atoms with E-state index in [1.807, 2.05) is 17.5 Å². The molecule has 1 N–H and O–H groups in total. The lowest BCUT2D eigenvalue weighted by molar-refractivity contribution is 0.0698. The number of carbonyl (C=O) groups is 1. The molecule has 3 aromatic rings. The Morgan fingerprint density at radius 3 is 2.76 bits per heavy atom. The smallest absolute Gasteiger partial charge is 0.336 e. The zero-order chi connectivity index (χ0) is 15.0. The number of fused-ring (bicyclic) bond motifs is 1. The minimum atomic E-state index is -0.953. The van der Waals surface area contributed by atoms with E-state index in [1.165, 1.54) is 0 Å². The fourth-order valence-corrected chi connectivity index (χ4v) is 3.16. The molecule has 2 aromatic heterocycles. The lowest BCUT2D eigenvalue weighted by atomic mass is 10.0. The molecular formula is C16H13NO3S. The second-order valence-corrected chi connectivity index (χ2v) is 5.57.